The number of anilines is 1. The second-order valence-electron chi connectivity index (χ2n) is 3.85. The number of rotatable bonds is 3. The first-order valence-electron chi connectivity index (χ1n) is 5.56. The van der Waals surface area contributed by atoms with Gasteiger partial charge in [0.1, 0.15) is 11.2 Å². The number of carbonyl (C=O) groups is 1. The molecule has 2 rings (SSSR count). The molecule has 21 heavy (non-hydrogen) atoms. The number of benzene rings is 1. The quantitative estimate of drug-likeness (QED) is 0.511. The van der Waals surface area contributed by atoms with E-state index in [4.69, 9.17) is 23.8 Å². The van der Waals surface area contributed by atoms with Crippen molar-refractivity contribution < 1.29 is 14.1 Å². The second kappa shape index (κ2) is 6.33. The highest BCUT2D eigenvalue weighted by Crippen LogP contribution is 2.16. The third kappa shape index (κ3) is 4.01. The van der Waals surface area contributed by atoms with Crippen molar-refractivity contribution in [2.24, 2.45) is 0 Å². The number of halogens is 1. The highest BCUT2D eigenvalue weighted by atomic mass is 35.5. The molecule has 0 bridgehead atoms. The summed E-state index contributed by atoms with van der Waals surface area (Å²) in [5.74, 6) is -1.13. The maximum Gasteiger partial charge on any atom is 0.433 e. The summed E-state index contributed by atoms with van der Waals surface area (Å²) in [7, 11) is 0. The Balaban J connectivity index is 1.96. The molecule has 9 heteroatoms. The molecule has 1 heterocycles. The molecule has 0 saturated carbocycles. The molecule has 0 unspecified atom stereocenters. The maximum absolute atomic E-state index is 11.8. The minimum absolute atomic E-state index is 0.00181. The van der Waals surface area contributed by atoms with Crippen LogP contribution in [0.3, 0.4) is 0 Å². The lowest BCUT2D eigenvalue weighted by Crippen LogP contribution is -2.33. The van der Waals surface area contributed by atoms with Gasteiger partial charge >= 0.3 is 5.88 Å². The largest absolute Gasteiger partial charge is 0.433 e. The molecule has 108 valence electrons. The van der Waals surface area contributed by atoms with Gasteiger partial charge in [-0.25, -0.2) is 0 Å². The lowest BCUT2D eigenvalue weighted by Gasteiger charge is -2.08. The fourth-order valence-electron chi connectivity index (χ4n) is 1.41. The Morgan fingerprint density at radius 1 is 1.33 bits per heavy atom. The molecule has 1 aromatic carbocycles. The van der Waals surface area contributed by atoms with Crippen LogP contribution in [0.4, 0.5) is 11.6 Å². The fraction of sp³-hybridized carbons (Fsp3) is 0. The van der Waals surface area contributed by atoms with Gasteiger partial charge in [0, 0.05) is 10.7 Å². The van der Waals surface area contributed by atoms with E-state index in [2.05, 4.69) is 15.1 Å². The van der Waals surface area contributed by atoms with Gasteiger partial charge in [0.05, 0.1) is 11.6 Å². The van der Waals surface area contributed by atoms with E-state index in [1.54, 1.807) is 24.3 Å². The van der Waals surface area contributed by atoms with Crippen LogP contribution in [-0.2, 0) is 0 Å². The predicted octanol–water partition coefficient (Wildman–Crippen LogP) is 2.97. The Kier molecular flexibility index (Phi) is 4.51. The van der Waals surface area contributed by atoms with E-state index < -0.39 is 16.7 Å². The molecule has 0 fully saturated rings. The van der Waals surface area contributed by atoms with Crippen LogP contribution in [-0.4, -0.2) is 15.9 Å². The lowest BCUT2D eigenvalue weighted by molar-refractivity contribution is -0.402. The van der Waals surface area contributed by atoms with Crippen molar-refractivity contribution in [1.82, 2.24) is 5.32 Å². The number of thiocarbonyl (C=S) groups is 1. The number of furan rings is 1. The average molecular weight is 326 g/mol. The molecule has 0 atom stereocenters. The minimum atomic E-state index is -0.735. The van der Waals surface area contributed by atoms with Crippen molar-refractivity contribution in [1.29, 1.82) is 0 Å². The maximum atomic E-state index is 11.8. The normalized spacial score (nSPS) is 9.95. The molecule has 0 aliphatic rings. The third-order valence-corrected chi connectivity index (χ3v) is 2.81. The number of amides is 1. The van der Waals surface area contributed by atoms with Crippen molar-refractivity contribution in [2.75, 3.05) is 5.32 Å². The summed E-state index contributed by atoms with van der Waals surface area (Å²) in [6.07, 6.45) is 0.984. The van der Waals surface area contributed by atoms with Crippen LogP contribution in [0.1, 0.15) is 10.4 Å². The van der Waals surface area contributed by atoms with Crippen LogP contribution in [0.2, 0.25) is 5.02 Å². The van der Waals surface area contributed by atoms with Crippen LogP contribution in [0, 0.1) is 10.1 Å². The van der Waals surface area contributed by atoms with Crippen LogP contribution in [0.25, 0.3) is 0 Å². The monoisotopic (exact) mass is 325 g/mol. The number of nitro groups is 1. The van der Waals surface area contributed by atoms with Gasteiger partial charge in [-0.3, -0.25) is 20.2 Å². The Hall–Kier alpha value is -2.45. The van der Waals surface area contributed by atoms with Gasteiger partial charge in [-0.2, -0.15) is 0 Å². The fourth-order valence-corrected chi connectivity index (χ4v) is 1.75. The van der Waals surface area contributed by atoms with Crippen LogP contribution >= 0.6 is 23.8 Å². The summed E-state index contributed by atoms with van der Waals surface area (Å²) in [5, 5.41) is 16.2. The van der Waals surface area contributed by atoms with Crippen molar-refractivity contribution in [2.45, 2.75) is 0 Å². The number of hydrogen-bond acceptors (Lipinski definition) is 5. The van der Waals surface area contributed by atoms with Gasteiger partial charge in [0.15, 0.2) is 5.11 Å². The molecule has 0 aliphatic heterocycles. The Morgan fingerprint density at radius 2 is 2.00 bits per heavy atom. The highest BCUT2D eigenvalue weighted by Gasteiger charge is 2.17. The highest BCUT2D eigenvalue weighted by molar-refractivity contribution is 7.80. The van der Waals surface area contributed by atoms with Gasteiger partial charge < -0.3 is 9.73 Å². The van der Waals surface area contributed by atoms with Crippen molar-refractivity contribution >= 4 is 46.4 Å². The van der Waals surface area contributed by atoms with E-state index in [0.717, 1.165) is 12.3 Å². The topological polar surface area (TPSA) is 97.4 Å². The van der Waals surface area contributed by atoms with E-state index in [1.165, 1.54) is 0 Å². The SMILES string of the molecule is O=C(NC(=S)Nc1ccc(Cl)cc1)c1coc([N+](=O)[O-])c1. The molecule has 0 radical (unpaired) electrons. The lowest BCUT2D eigenvalue weighted by atomic mass is 10.3. The van der Waals surface area contributed by atoms with E-state index >= 15 is 0 Å². The Morgan fingerprint density at radius 3 is 2.57 bits per heavy atom. The van der Waals surface area contributed by atoms with E-state index in [1.807, 2.05) is 0 Å². The van der Waals surface area contributed by atoms with Crippen LogP contribution < -0.4 is 10.6 Å². The van der Waals surface area contributed by atoms with E-state index in [9.17, 15) is 14.9 Å². The molecule has 0 spiro atoms. The number of hydrogen-bond donors (Lipinski definition) is 2. The van der Waals surface area contributed by atoms with E-state index in [0.29, 0.717) is 10.7 Å². The van der Waals surface area contributed by atoms with Gasteiger partial charge in [0.25, 0.3) is 5.91 Å². The average Bonchev–Trinajstić information content (AvgIpc) is 2.91. The third-order valence-electron chi connectivity index (χ3n) is 2.36. The van der Waals surface area contributed by atoms with Crippen molar-refractivity contribution in [3.63, 3.8) is 0 Å². The zero-order valence-corrected chi connectivity index (χ0v) is 11.9. The van der Waals surface area contributed by atoms with Crippen molar-refractivity contribution in [3.8, 4) is 0 Å². The summed E-state index contributed by atoms with van der Waals surface area (Å²) in [5.41, 5.74) is 0.643. The molecule has 7 nitrogen and oxygen atoms in total. The zero-order valence-electron chi connectivity index (χ0n) is 10.3. The van der Waals surface area contributed by atoms with Crippen LogP contribution in [0.15, 0.2) is 41.0 Å². The summed E-state index contributed by atoms with van der Waals surface area (Å²) in [6.45, 7) is 0. The van der Waals surface area contributed by atoms with Crippen LogP contribution in [0.5, 0.6) is 0 Å². The van der Waals surface area contributed by atoms with Crippen molar-refractivity contribution in [3.05, 3.63) is 57.3 Å². The van der Waals surface area contributed by atoms with Gasteiger partial charge in [0.2, 0.25) is 0 Å². The van der Waals surface area contributed by atoms with Gasteiger partial charge in [-0.15, -0.1) is 0 Å². The van der Waals surface area contributed by atoms with Gasteiger partial charge in [-0.1, -0.05) is 11.6 Å². The summed E-state index contributed by atoms with van der Waals surface area (Å²) in [4.78, 5) is 21.5. The minimum Gasteiger partial charge on any atom is -0.408 e. The number of nitrogens with zero attached hydrogens (tertiary/aromatic N) is 1. The molecular weight excluding hydrogens is 318 g/mol. The van der Waals surface area contributed by atoms with E-state index in [-0.39, 0.29) is 10.7 Å². The zero-order chi connectivity index (χ0) is 15.4. The number of nitrogens with one attached hydrogen (secondary N) is 2. The van der Waals surface area contributed by atoms with Gasteiger partial charge in [-0.05, 0) is 36.5 Å². The molecule has 1 aromatic heterocycles. The molecule has 2 N–H and O–H groups in total. The Bertz CT molecular complexity index is 699. The first-order valence-corrected chi connectivity index (χ1v) is 6.35. The summed E-state index contributed by atoms with van der Waals surface area (Å²) >= 11 is 10.7. The molecule has 1 amide bonds. The molecular formula is C12H8ClN3O4S. The Labute approximate surface area is 129 Å². The smallest absolute Gasteiger partial charge is 0.408 e. The standard InChI is InChI=1S/C12H8ClN3O4S/c13-8-1-3-9(4-2-8)14-12(21)15-11(17)7-5-10(16(18)19)20-6-7/h1-6H,(H2,14,15,17,21). The first-order chi connectivity index (χ1) is 9.95. The number of carbonyl (C=O) groups excluding carboxylic acids is 1. The molecule has 2 aromatic rings. The summed E-state index contributed by atoms with van der Waals surface area (Å²) < 4.78 is 4.62. The predicted molar refractivity (Wildman–Crippen MR) is 80.5 cm³/mol. The second-order valence-corrected chi connectivity index (χ2v) is 4.69. The first kappa shape index (κ1) is 14.9. The molecule has 0 aliphatic carbocycles. The summed E-state index contributed by atoms with van der Waals surface area (Å²) in [6, 6.07) is 7.70. The molecule has 0 saturated heterocycles.